The topological polar surface area (TPSA) is 66.9 Å². The van der Waals surface area contributed by atoms with E-state index in [2.05, 4.69) is 27.2 Å². The fourth-order valence-electron chi connectivity index (χ4n) is 1.62. The molecule has 0 fully saturated rings. The van der Waals surface area contributed by atoms with Crippen LogP contribution in [0.5, 0.6) is 0 Å². The van der Waals surface area contributed by atoms with E-state index in [4.69, 9.17) is 0 Å². The van der Waals surface area contributed by atoms with Gasteiger partial charge in [-0.25, -0.2) is 0 Å². The number of hydrogen-bond acceptors (Lipinski definition) is 4. The van der Waals surface area contributed by atoms with Gasteiger partial charge < -0.3 is 10.6 Å². The molecule has 0 bridgehead atoms. The van der Waals surface area contributed by atoms with E-state index in [1.54, 1.807) is 24.5 Å². The Morgan fingerprint density at radius 1 is 1.25 bits per heavy atom. The molecule has 5 nitrogen and oxygen atoms in total. The van der Waals surface area contributed by atoms with E-state index in [1.807, 2.05) is 24.3 Å². The minimum absolute atomic E-state index is 0.216. The number of carbonyl (C=O) groups excluding carboxylic acids is 1. The highest BCUT2D eigenvalue weighted by molar-refractivity contribution is 5.93. The molecule has 1 amide bonds. The van der Waals surface area contributed by atoms with Crippen LogP contribution in [0.25, 0.3) is 0 Å². The van der Waals surface area contributed by atoms with Gasteiger partial charge in [0.05, 0.1) is 12.2 Å². The Morgan fingerprint density at radius 2 is 2.15 bits per heavy atom. The summed E-state index contributed by atoms with van der Waals surface area (Å²) in [6.45, 7) is 4.57. The van der Waals surface area contributed by atoms with Crippen LogP contribution in [-0.2, 0) is 6.54 Å². The zero-order valence-corrected chi connectivity index (χ0v) is 11.0. The van der Waals surface area contributed by atoms with E-state index < -0.39 is 0 Å². The van der Waals surface area contributed by atoms with Gasteiger partial charge in [0.25, 0.3) is 5.91 Å². The summed E-state index contributed by atoms with van der Waals surface area (Å²) in [7, 11) is 0. The lowest BCUT2D eigenvalue weighted by Gasteiger charge is -2.07. The van der Waals surface area contributed by atoms with Gasteiger partial charge in [0.2, 0.25) is 0 Å². The van der Waals surface area contributed by atoms with Crippen molar-refractivity contribution in [3.63, 3.8) is 0 Å². The molecule has 2 N–H and O–H groups in total. The van der Waals surface area contributed by atoms with Gasteiger partial charge in [0.15, 0.2) is 0 Å². The minimum atomic E-state index is -0.216. The Hall–Kier alpha value is -2.69. The summed E-state index contributed by atoms with van der Waals surface area (Å²) in [4.78, 5) is 20.0. The van der Waals surface area contributed by atoms with Crippen LogP contribution in [0.15, 0.2) is 55.4 Å². The third-order valence-corrected chi connectivity index (χ3v) is 2.60. The average Bonchev–Trinajstić information content (AvgIpc) is 2.52. The molecule has 2 heterocycles. The molecule has 2 rings (SSSR count). The van der Waals surface area contributed by atoms with Crippen molar-refractivity contribution in [3.05, 3.63) is 66.8 Å². The Balaban J connectivity index is 1.99. The summed E-state index contributed by atoms with van der Waals surface area (Å²) in [5.41, 5.74) is 2.13. The number of nitrogens with zero attached hydrogens (tertiary/aromatic N) is 2. The fourth-order valence-corrected chi connectivity index (χ4v) is 1.62. The van der Waals surface area contributed by atoms with E-state index in [0.717, 1.165) is 11.4 Å². The zero-order chi connectivity index (χ0) is 14.2. The summed E-state index contributed by atoms with van der Waals surface area (Å²) in [5, 5.41) is 5.90. The SMILES string of the molecule is C=CCNC(=O)c1cc(NCc2ccccn2)ccn1. The fraction of sp³-hybridized carbons (Fsp3) is 0.133. The lowest BCUT2D eigenvalue weighted by Crippen LogP contribution is -2.24. The van der Waals surface area contributed by atoms with Crippen LogP contribution in [0.1, 0.15) is 16.2 Å². The van der Waals surface area contributed by atoms with Crippen molar-refractivity contribution in [1.29, 1.82) is 0 Å². The van der Waals surface area contributed by atoms with Crippen LogP contribution < -0.4 is 10.6 Å². The number of amides is 1. The molecule has 0 unspecified atom stereocenters. The molecule has 0 aliphatic rings. The number of anilines is 1. The lowest BCUT2D eigenvalue weighted by atomic mass is 10.3. The van der Waals surface area contributed by atoms with Crippen molar-refractivity contribution in [3.8, 4) is 0 Å². The van der Waals surface area contributed by atoms with Crippen molar-refractivity contribution < 1.29 is 4.79 Å². The van der Waals surface area contributed by atoms with Gasteiger partial charge in [-0.15, -0.1) is 6.58 Å². The van der Waals surface area contributed by atoms with Gasteiger partial charge in [-0.05, 0) is 24.3 Å². The van der Waals surface area contributed by atoms with Gasteiger partial charge in [-0.1, -0.05) is 12.1 Å². The van der Waals surface area contributed by atoms with Crippen LogP contribution in [-0.4, -0.2) is 22.4 Å². The maximum absolute atomic E-state index is 11.8. The van der Waals surface area contributed by atoms with Crippen molar-refractivity contribution in [2.24, 2.45) is 0 Å². The van der Waals surface area contributed by atoms with Crippen LogP contribution in [0, 0.1) is 0 Å². The molecule has 0 saturated carbocycles. The lowest BCUT2D eigenvalue weighted by molar-refractivity contribution is 0.0953. The summed E-state index contributed by atoms with van der Waals surface area (Å²) in [6, 6.07) is 9.27. The highest BCUT2D eigenvalue weighted by atomic mass is 16.1. The van der Waals surface area contributed by atoms with Crippen LogP contribution in [0.3, 0.4) is 0 Å². The van der Waals surface area contributed by atoms with Gasteiger partial charge in [0, 0.05) is 24.6 Å². The number of rotatable bonds is 6. The minimum Gasteiger partial charge on any atom is -0.379 e. The largest absolute Gasteiger partial charge is 0.379 e. The first-order valence-electron chi connectivity index (χ1n) is 6.28. The van der Waals surface area contributed by atoms with Crippen LogP contribution >= 0.6 is 0 Å². The van der Waals surface area contributed by atoms with E-state index in [0.29, 0.717) is 18.8 Å². The third kappa shape index (κ3) is 3.91. The van der Waals surface area contributed by atoms with Crippen molar-refractivity contribution in [1.82, 2.24) is 15.3 Å². The van der Waals surface area contributed by atoms with Gasteiger partial charge >= 0.3 is 0 Å². The van der Waals surface area contributed by atoms with Crippen molar-refractivity contribution in [2.45, 2.75) is 6.54 Å². The Kier molecular flexibility index (Phi) is 4.83. The maximum Gasteiger partial charge on any atom is 0.270 e. The second-order valence-electron chi connectivity index (χ2n) is 4.10. The van der Waals surface area contributed by atoms with Gasteiger partial charge in [-0.3, -0.25) is 14.8 Å². The molecule has 0 spiro atoms. The Labute approximate surface area is 117 Å². The molecule has 0 aliphatic carbocycles. The standard InChI is InChI=1S/C15H16N4O/c1-2-7-18-15(20)14-10-12(6-9-17-14)19-11-13-5-3-4-8-16-13/h2-6,8-10H,1,7,11H2,(H,17,19)(H,18,20). The number of hydrogen-bond donors (Lipinski definition) is 2. The molecule has 20 heavy (non-hydrogen) atoms. The van der Waals surface area contributed by atoms with Crippen molar-refractivity contribution in [2.75, 3.05) is 11.9 Å². The number of aromatic nitrogens is 2. The molecule has 5 heteroatoms. The van der Waals surface area contributed by atoms with Gasteiger partial charge in [0.1, 0.15) is 5.69 Å². The predicted octanol–water partition coefficient (Wildman–Crippen LogP) is 2.00. The normalized spacial score (nSPS) is 9.80. The van der Waals surface area contributed by atoms with E-state index in [1.165, 1.54) is 0 Å². The summed E-state index contributed by atoms with van der Waals surface area (Å²) >= 11 is 0. The summed E-state index contributed by atoms with van der Waals surface area (Å²) in [5.74, 6) is -0.216. The molecule has 2 aromatic heterocycles. The molecule has 2 aromatic rings. The Morgan fingerprint density at radius 3 is 2.90 bits per heavy atom. The first-order valence-corrected chi connectivity index (χ1v) is 6.28. The molecule has 102 valence electrons. The van der Waals surface area contributed by atoms with Crippen LogP contribution in [0.4, 0.5) is 5.69 Å². The first-order chi connectivity index (χ1) is 9.79. The third-order valence-electron chi connectivity index (χ3n) is 2.60. The van der Waals surface area contributed by atoms with E-state index in [-0.39, 0.29) is 5.91 Å². The molecule has 0 atom stereocenters. The smallest absolute Gasteiger partial charge is 0.270 e. The highest BCUT2D eigenvalue weighted by Crippen LogP contribution is 2.09. The zero-order valence-electron chi connectivity index (χ0n) is 11.0. The number of nitrogens with one attached hydrogen (secondary N) is 2. The monoisotopic (exact) mass is 268 g/mol. The summed E-state index contributed by atoms with van der Waals surface area (Å²) in [6.07, 6.45) is 4.97. The molecule has 0 radical (unpaired) electrons. The molecular formula is C15H16N4O. The highest BCUT2D eigenvalue weighted by Gasteiger charge is 2.06. The molecule has 0 saturated heterocycles. The molecule has 0 aromatic carbocycles. The van der Waals surface area contributed by atoms with Crippen LogP contribution in [0.2, 0.25) is 0 Å². The first kappa shape index (κ1) is 13.7. The second kappa shape index (κ2) is 7.04. The number of carbonyl (C=O) groups is 1. The maximum atomic E-state index is 11.8. The molecular weight excluding hydrogens is 252 g/mol. The quantitative estimate of drug-likeness (QED) is 0.786. The molecule has 0 aliphatic heterocycles. The van der Waals surface area contributed by atoms with Crippen molar-refractivity contribution >= 4 is 11.6 Å². The second-order valence-corrected chi connectivity index (χ2v) is 4.10. The Bertz CT molecular complexity index is 583. The van der Waals surface area contributed by atoms with E-state index >= 15 is 0 Å². The van der Waals surface area contributed by atoms with Gasteiger partial charge in [-0.2, -0.15) is 0 Å². The number of pyridine rings is 2. The predicted molar refractivity (Wildman–Crippen MR) is 78.3 cm³/mol. The average molecular weight is 268 g/mol. The summed E-state index contributed by atoms with van der Waals surface area (Å²) < 4.78 is 0. The van der Waals surface area contributed by atoms with E-state index in [9.17, 15) is 4.79 Å².